The first-order valence-corrected chi connectivity index (χ1v) is 9.54. The van der Waals surface area contributed by atoms with Crippen molar-refractivity contribution in [1.82, 2.24) is 4.90 Å². The number of amides is 3. The van der Waals surface area contributed by atoms with Gasteiger partial charge in [-0.05, 0) is 37.3 Å². The fraction of sp³-hybridized carbons (Fsp3) is 0.600. The Kier molecular flexibility index (Phi) is 8.29. The molecule has 0 radical (unpaired) electrons. The van der Waals surface area contributed by atoms with Crippen LogP contribution in [-0.2, 0) is 4.79 Å². The summed E-state index contributed by atoms with van der Waals surface area (Å²) in [5.74, 6) is 0.504. The zero-order valence-corrected chi connectivity index (χ0v) is 15.1. The molecule has 0 unspecified atom stereocenters. The van der Waals surface area contributed by atoms with Gasteiger partial charge in [-0.25, -0.2) is 4.79 Å². The molecule has 0 heterocycles. The van der Waals surface area contributed by atoms with Crippen LogP contribution in [0.1, 0.15) is 57.8 Å². The Morgan fingerprint density at radius 2 is 1.72 bits per heavy atom. The highest BCUT2D eigenvalue weighted by molar-refractivity contribution is 5.89. The summed E-state index contributed by atoms with van der Waals surface area (Å²) in [5, 5.41) is 2.94. The van der Waals surface area contributed by atoms with Crippen LogP contribution in [0.5, 0.6) is 0 Å². The molecule has 0 aromatic heterocycles. The average Bonchev–Trinajstić information content (AvgIpc) is 2.62. The molecule has 1 aliphatic carbocycles. The Balaban J connectivity index is 1.82. The number of para-hydroxylation sites is 1. The van der Waals surface area contributed by atoms with Crippen LogP contribution in [0.15, 0.2) is 30.3 Å². The van der Waals surface area contributed by atoms with E-state index in [2.05, 4.69) is 5.32 Å². The highest BCUT2D eigenvalue weighted by atomic mass is 16.2. The number of nitrogens with one attached hydrogen (secondary N) is 1. The number of nitrogens with zero attached hydrogens (tertiary/aromatic N) is 1. The first-order valence-electron chi connectivity index (χ1n) is 9.54. The molecule has 1 saturated carbocycles. The summed E-state index contributed by atoms with van der Waals surface area (Å²) in [4.78, 5) is 25.4. The Morgan fingerprint density at radius 3 is 2.40 bits per heavy atom. The number of hydrogen-bond acceptors (Lipinski definition) is 2. The van der Waals surface area contributed by atoms with Crippen LogP contribution in [0, 0.1) is 5.92 Å². The van der Waals surface area contributed by atoms with Crippen molar-refractivity contribution in [1.29, 1.82) is 0 Å². The topological polar surface area (TPSA) is 75.4 Å². The molecule has 5 heteroatoms. The summed E-state index contributed by atoms with van der Waals surface area (Å²) in [7, 11) is 0. The molecule has 5 nitrogen and oxygen atoms in total. The van der Waals surface area contributed by atoms with Crippen molar-refractivity contribution < 1.29 is 9.59 Å². The van der Waals surface area contributed by atoms with Crippen LogP contribution >= 0.6 is 0 Å². The normalized spacial score (nSPS) is 14.9. The zero-order valence-electron chi connectivity index (χ0n) is 15.1. The summed E-state index contributed by atoms with van der Waals surface area (Å²) >= 11 is 0. The number of nitrogens with two attached hydrogens (primary N) is 1. The van der Waals surface area contributed by atoms with Gasteiger partial charge in [0.05, 0.1) is 0 Å². The lowest BCUT2D eigenvalue weighted by Crippen LogP contribution is -2.37. The summed E-state index contributed by atoms with van der Waals surface area (Å²) in [6.45, 7) is 1.29. The van der Waals surface area contributed by atoms with E-state index in [1.807, 2.05) is 35.2 Å². The van der Waals surface area contributed by atoms with Gasteiger partial charge < -0.3 is 16.0 Å². The van der Waals surface area contributed by atoms with E-state index in [0.717, 1.165) is 24.6 Å². The quantitative estimate of drug-likeness (QED) is 0.705. The largest absolute Gasteiger partial charge is 0.370 e. The van der Waals surface area contributed by atoms with E-state index in [-0.39, 0.29) is 11.9 Å². The SMILES string of the molecule is NC(=O)CCCN(CCCC1CCCCC1)C(=O)Nc1ccccc1. The third kappa shape index (κ3) is 7.59. The van der Waals surface area contributed by atoms with Gasteiger partial charge in [0.2, 0.25) is 5.91 Å². The van der Waals surface area contributed by atoms with Gasteiger partial charge in [-0.1, -0.05) is 50.3 Å². The lowest BCUT2D eigenvalue weighted by atomic mass is 9.86. The molecule has 0 bridgehead atoms. The Bertz CT molecular complexity index is 527. The fourth-order valence-corrected chi connectivity index (χ4v) is 3.53. The van der Waals surface area contributed by atoms with E-state index in [1.54, 1.807) is 0 Å². The molecule has 3 amide bonds. The van der Waals surface area contributed by atoms with Crippen molar-refractivity contribution in [2.24, 2.45) is 11.7 Å². The van der Waals surface area contributed by atoms with E-state index < -0.39 is 0 Å². The zero-order chi connectivity index (χ0) is 17.9. The fourth-order valence-electron chi connectivity index (χ4n) is 3.53. The van der Waals surface area contributed by atoms with Crippen LogP contribution in [-0.4, -0.2) is 29.9 Å². The standard InChI is InChI=1S/C20H31N3O2/c21-19(24)14-8-16-23(15-7-11-17-9-3-1-4-10-17)20(25)22-18-12-5-2-6-13-18/h2,5-6,12-13,17H,1,3-4,7-11,14-16H2,(H2,21,24)(H,22,25). The predicted octanol–water partition coefficient (Wildman–Crippen LogP) is 4.15. The van der Waals surface area contributed by atoms with E-state index >= 15 is 0 Å². The van der Waals surface area contributed by atoms with Gasteiger partial charge in [-0.3, -0.25) is 4.79 Å². The van der Waals surface area contributed by atoms with Gasteiger partial charge in [0.1, 0.15) is 0 Å². The number of primary amides is 1. The Hall–Kier alpha value is -2.04. The average molecular weight is 345 g/mol. The molecule has 1 aliphatic rings. The second kappa shape index (κ2) is 10.7. The second-order valence-corrected chi connectivity index (χ2v) is 7.00. The van der Waals surface area contributed by atoms with E-state index in [0.29, 0.717) is 19.4 Å². The summed E-state index contributed by atoms with van der Waals surface area (Å²) < 4.78 is 0. The monoisotopic (exact) mass is 345 g/mol. The van der Waals surface area contributed by atoms with E-state index in [9.17, 15) is 9.59 Å². The Morgan fingerprint density at radius 1 is 1.04 bits per heavy atom. The molecule has 0 aliphatic heterocycles. The van der Waals surface area contributed by atoms with Gasteiger partial charge in [0.15, 0.2) is 0 Å². The van der Waals surface area contributed by atoms with Crippen LogP contribution in [0.2, 0.25) is 0 Å². The molecule has 25 heavy (non-hydrogen) atoms. The molecule has 3 N–H and O–H groups in total. The van der Waals surface area contributed by atoms with Crippen LogP contribution < -0.4 is 11.1 Å². The van der Waals surface area contributed by atoms with Gasteiger partial charge in [0.25, 0.3) is 0 Å². The maximum atomic E-state index is 12.6. The second-order valence-electron chi connectivity index (χ2n) is 7.00. The van der Waals surface area contributed by atoms with Crippen molar-refractivity contribution in [2.45, 2.75) is 57.8 Å². The van der Waals surface area contributed by atoms with E-state index in [1.165, 1.54) is 38.5 Å². The lowest BCUT2D eigenvalue weighted by molar-refractivity contribution is -0.118. The third-order valence-electron chi connectivity index (χ3n) is 4.93. The number of carbonyl (C=O) groups excluding carboxylic acids is 2. The van der Waals surface area contributed by atoms with Crippen molar-refractivity contribution in [3.63, 3.8) is 0 Å². The molecule has 1 aromatic carbocycles. The van der Waals surface area contributed by atoms with Crippen molar-refractivity contribution in [3.8, 4) is 0 Å². The van der Waals surface area contributed by atoms with Gasteiger partial charge >= 0.3 is 6.03 Å². The van der Waals surface area contributed by atoms with Crippen molar-refractivity contribution in [3.05, 3.63) is 30.3 Å². The number of anilines is 1. The van der Waals surface area contributed by atoms with Crippen LogP contribution in [0.25, 0.3) is 0 Å². The first kappa shape index (κ1) is 19.3. The molecule has 0 atom stereocenters. The highest BCUT2D eigenvalue weighted by Crippen LogP contribution is 2.27. The molecule has 1 aromatic rings. The molecular formula is C20H31N3O2. The van der Waals surface area contributed by atoms with Crippen molar-refractivity contribution >= 4 is 17.6 Å². The smallest absolute Gasteiger partial charge is 0.321 e. The number of hydrogen-bond donors (Lipinski definition) is 2. The summed E-state index contributed by atoms with van der Waals surface area (Å²) in [5.41, 5.74) is 6.01. The maximum absolute atomic E-state index is 12.6. The maximum Gasteiger partial charge on any atom is 0.321 e. The molecule has 138 valence electrons. The number of rotatable bonds is 9. The molecule has 0 spiro atoms. The molecule has 1 fully saturated rings. The van der Waals surface area contributed by atoms with Crippen LogP contribution in [0.3, 0.4) is 0 Å². The summed E-state index contributed by atoms with van der Waals surface area (Å²) in [6.07, 6.45) is 9.86. The minimum absolute atomic E-state index is 0.0979. The Labute approximate surface area is 151 Å². The van der Waals surface area contributed by atoms with Gasteiger partial charge in [-0.2, -0.15) is 0 Å². The number of carbonyl (C=O) groups is 2. The minimum Gasteiger partial charge on any atom is -0.370 e. The van der Waals surface area contributed by atoms with Gasteiger partial charge in [-0.15, -0.1) is 0 Å². The molecule has 2 rings (SSSR count). The molecule has 0 saturated heterocycles. The lowest BCUT2D eigenvalue weighted by Gasteiger charge is -2.25. The third-order valence-corrected chi connectivity index (χ3v) is 4.93. The number of urea groups is 1. The minimum atomic E-state index is -0.314. The highest BCUT2D eigenvalue weighted by Gasteiger charge is 2.16. The molecular weight excluding hydrogens is 314 g/mol. The predicted molar refractivity (Wildman–Crippen MR) is 101 cm³/mol. The van der Waals surface area contributed by atoms with E-state index in [4.69, 9.17) is 5.73 Å². The van der Waals surface area contributed by atoms with Gasteiger partial charge in [0, 0.05) is 25.2 Å². The number of benzene rings is 1. The summed E-state index contributed by atoms with van der Waals surface area (Å²) in [6, 6.07) is 9.37. The first-order chi connectivity index (χ1) is 12.1. The van der Waals surface area contributed by atoms with Crippen LogP contribution in [0.4, 0.5) is 10.5 Å². The van der Waals surface area contributed by atoms with Crippen molar-refractivity contribution in [2.75, 3.05) is 18.4 Å².